The molecular formula is C16H16FN5O4. The minimum Gasteiger partial charge on any atom is -0.372 e. The molecule has 26 heavy (non-hydrogen) atoms. The Labute approximate surface area is 148 Å². The van der Waals surface area contributed by atoms with Gasteiger partial charge in [-0.25, -0.2) is 0 Å². The third kappa shape index (κ3) is 4.15. The first-order valence-electron chi connectivity index (χ1n) is 7.76. The lowest BCUT2D eigenvalue weighted by Gasteiger charge is -2.20. The maximum Gasteiger partial charge on any atom is 0.311 e. The predicted octanol–water partition coefficient (Wildman–Crippen LogP) is 4.90. The Morgan fingerprint density at radius 1 is 0.962 bits per heavy atom. The molecule has 0 unspecified atom stereocenters. The second kappa shape index (κ2) is 8.10. The van der Waals surface area contributed by atoms with Crippen molar-refractivity contribution in [1.82, 2.24) is 0 Å². The van der Waals surface area contributed by atoms with E-state index in [-0.39, 0.29) is 0 Å². The average Bonchev–Trinajstić information content (AvgIpc) is 2.61. The summed E-state index contributed by atoms with van der Waals surface area (Å²) in [6, 6.07) is 8.16. The van der Waals surface area contributed by atoms with Gasteiger partial charge in [-0.1, -0.05) is 0 Å². The zero-order valence-electron chi connectivity index (χ0n) is 14.1. The van der Waals surface area contributed by atoms with E-state index in [2.05, 4.69) is 15.1 Å². The first-order valence-corrected chi connectivity index (χ1v) is 7.76. The molecule has 10 heteroatoms. The molecule has 0 bridgehead atoms. The van der Waals surface area contributed by atoms with E-state index in [0.29, 0.717) is 17.8 Å². The number of nitro benzene ring substituents is 2. The summed E-state index contributed by atoms with van der Waals surface area (Å²) in [4.78, 5) is 22.0. The number of benzene rings is 2. The molecule has 0 spiro atoms. The van der Waals surface area contributed by atoms with Gasteiger partial charge in [0.1, 0.15) is 0 Å². The zero-order valence-corrected chi connectivity index (χ0v) is 14.1. The van der Waals surface area contributed by atoms with Gasteiger partial charge >= 0.3 is 11.4 Å². The molecule has 0 aliphatic rings. The summed E-state index contributed by atoms with van der Waals surface area (Å²) >= 11 is 0. The normalized spacial score (nSPS) is 10.9. The minimum absolute atomic E-state index is 0.397. The molecule has 0 aliphatic carbocycles. The Balaban J connectivity index is 2.34. The SMILES string of the molecule is CCN(CC)c1ccc(N=Nc2cc(F)c([N+](=O)[O-])cc2[N+](=O)[O-])cc1. The fourth-order valence-corrected chi connectivity index (χ4v) is 2.34. The molecule has 2 aromatic rings. The topological polar surface area (TPSA) is 114 Å². The average molecular weight is 361 g/mol. The van der Waals surface area contributed by atoms with Gasteiger partial charge in [0.05, 0.1) is 21.6 Å². The third-order valence-corrected chi connectivity index (χ3v) is 3.69. The van der Waals surface area contributed by atoms with Crippen LogP contribution in [0.3, 0.4) is 0 Å². The van der Waals surface area contributed by atoms with Crippen molar-refractivity contribution in [1.29, 1.82) is 0 Å². The molecule has 0 amide bonds. The summed E-state index contributed by atoms with van der Waals surface area (Å²) in [5, 5.41) is 29.3. The first kappa shape index (κ1) is 18.9. The summed E-state index contributed by atoms with van der Waals surface area (Å²) in [5.74, 6) is -1.22. The Bertz CT molecular complexity index is 850. The molecule has 0 aromatic heterocycles. The van der Waals surface area contributed by atoms with Crippen molar-refractivity contribution in [3.8, 4) is 0 Å². The van der Waals surface area contributed by atoms with Crippen LogP contribution in [0.25, 0.3) is 0 Å². The lowest BCUT2D eigenvalue weighted by molar-refractivity contribution is -0.395. The molecule has 2 rings (SSSR count). The van der Waals surface area contributed by atoms with Crippen molar-refractivity contribution < 1.29 is 14.2 Å². The number of hydrogen-bond donors (Lipinski definition) is 0. The van der Waals surface area contributed by atoms with E-state index in [4.69, 9.17) is 0 Å². The van der Waals surface area contributed by atoms with Crippen molar-refractivity contribution in [3.63, 3.8) is 0 Å². The summed E-state index contributed by atoms with van der Waals surface area (Å²) in [5.41, 5.74) is -0.679. The van der Waals surface area contributed by atoms with Crippen LogP contribution in [0.2, 0.25) is 0 Å². The fourth-order valence-electron chi connectivity index (χ4n) is 2.34. The van der Waals surface area contributed by atoms with E-state index in [1.54, 1.807) is 12.1 Å². The largest absolute Gasteiger partial charge is 0.372 e. The first-order chi connectivity index (χ1) is 12.4. The van der Waals surface area contributed by atoms with Crippen LogP contribution in [0.1, 0.15) is 13.8 Å². The number of rotatable bonds is 7. The molecule has 2 aromatic carbocycles. The second-order valence-corrected chi connectivity index (χ2v) is 5.20. The van der Waals surface area contributed by atoms with Crippen molar-refractivity contribution in [2.75, 3.05) is 18.0 Å². The standard InChI is InChI=1S/C16H16FN5O4/c1-3-20(4-2)12-7-5-11(6-8-12)18-19-14-9-13(17)15(21(23)24)10-16(14)22(25)26/h5-10H,3-4H2,1-2H3. The van der Waals surface area contributed by atoms with Gasteiger partial charge in [0.15, 0.2) is 5.69 Å². The van der Waals surface area contributed by atoms with Crippen LogP contribution in [0.15, 0.2) is 46.6 Å². The van der Waals surface area contributed by atoms with Crippen LogP contribution in [0.5, 0.6) is 0 Å². The zero-order chi connectivity index (χ0) is 19.3. The van der Waals surface area contributed by atoms with Crippen molar-refractivity contribution in [3.05, 3.63) is 62.4 Å². The van der Waals surface area contributed by atoms with Gasteiger partial charge < -0.3 is 4.90 Å². The summed E-state index contributed by atoms with van der Waals surface area (Å²) in [6.45, 7) is 5.73. The Kier molecular flexibility index (Phi) is 5.89. The van der Waals surface area contributed by atoms with Crippen molar-refractivity contribution >= 4 is 28.4 Å². The van der Waals surface area contributed by atoms with E-state index in [0.717, 1.165) is 18.8 Å². The molecule has 0 saturated heterocycles. The van der Waals surface area contributed by atoms with E-state index in [1.165, 1.54) is 0 Å². The number of nitrogens with zero attached hydrogens (tertiary/aromatic N) is 5. The molecule has 0 heterocycles. The van der Waals surface area contributed by atoms with Crippen molar-refractivity contribution in [2.24, 2.45) is 10.2 Å². The number of hydrogen-bond acceptors (Lipinski definition) is 7. The van der Waals surface area contributed by atoms with Gasteiger partial charge in [-0.15, -0.1) is 5.11 Å². The van der Waals surface area contributed by atoms with Crippen LogP contribution in [0, 0.1) is 26.0 Å². The van der Waals surface area contributed by atoms with Crippen LogP contribution < -0.4 is 4.90 Å². The molecule has 0 N–H and O–H groups in total. The summed E-state index contributed by atoms with van der Waals surface area (Å²) < 4.78 is 13.7. The van der Waals surface area contributed by atoms with Gasteiger partial charge in [-0.2, -0.15) is 9.50 Å². The van der Waals surface area contributed by atoms with Gasteiger partial charge in [0, 0.05) is 24.8 Å². The lowest BCUT2D eigenvalue weighted by Crippen LogP contribution is -2.21. The molecule has 0 aliphatic heterocycles. The van der Waals surface area contributed by atoms with E-state index in [9.17, 15) is 24.6 Å². The summed E-state index contributed by atoms with van der Waals surface area (Å²) in [7, 11) is 0. The highest BCUT2D eigenvalue weighted by molar-refractivity contribution is 5.62. The molecule has 136 valence electrons. The third-order valence-electron chi connectivity index (χ3n) is 3.69. The highest BCUT2D eigenvalue weighted by Crippen LogP contribution is 2.34. The molecule has 0 radical (unpaired) electrons. The number of azo groups is 1. The number of nitro groups is 2. The van der Waals surface area contributed by atoms with E-state index >= 15 is 0 Å². The van der Waals surface area contributed by atoms with Gasteiger partial charge in [0.2, 0.25) is 5.82 Å². The van der Waals surface area contributed by atoms with Gasteiger partial charge in [0.25, 0.3) is 0 Å². The summed E-state index contributed by atoms with van der Waals surface area (Å²) in [6.07, 6.45) is 0. The van der Waals surface area contributed by atoms with Crippen LogP contribution >= 0.6 is 0 Å². The number of halogens is 1. The Morgan fingerprint density at radius 3 is 2.04 bits per heavy atom. The van der Waals surface area contributed by atoms with E-state index < -0.39 is 32.7 Å². The second-order valence-electron chi connectivity index (χ2n) is 5.20. The number of anilines is 1. The van der Waals surface area contributed by atoms with Crippen LogP contribution in [-0.2, 0) is 0 Å². The van der Waals surface area contributed by atoms with Crippen LogP contribution in [-0.4, -0.2) is 22.9 Å². The maximum atomic E-state index is 13.7. The quantitative estimate of drug-likeness (QED) is 0.395. The molecule has 0 saturated carbocycles. The molecule has 0 fully saturated rings. The smallest absolute Gasteiger partial charge is 0.311 e. The van der Waals surface area contributed by atoms with Gasteiger partial charge in [-0.3, -0.25) is 20.2 Å². The van der Waals surface area contributed by atoms with Crippen LogP contribution in [0.4, 0.5) is 32.8 Å². The Hall–Kier alpha value is -3.43. The molecule has 0 atom stereocenters. The molecular weight excluding hydrogens is 345 g/mol. The van der Waals surface area contributed by atoms with Gasteiger partial charge in [-0.05, 0) is 38.1 Å². The maximum absolute atomic E-state index is 13.7. The lowest BCUT2D eigenvalue weighted by atomic mass is 10.2. The Morgan fingerprint density at radius 2 is 1.54 bits per heavy atom. The fraction of sp³-hybridized carbons (Fsp3) is 0.250. The minimum atomic E-state index is -1.22. The van der Waals surface area contributed by atoms with Crippen molar-refractivity contribution in [2.45, 2.75) is 13.8 Å². The molecule has 9 nitrogen and oxygen atoms in total. The van der Waals surface area contributed by atoms with E-state index in [1.807, 2.05) is 26.0 Å². The highest BCUT2D eigenvalue weighted by Gasteiger charge is 2.24. The highest BCUT2D eigenvalue weighted by atomic mass is 19.1. The monoisotopic (exact) mass is 361 g/mol. The predicted molar refractivity (Wildman–Crippen MR) is 93.9 cm³/mol.